The minimum Gasteiger partial charge on any atom is -0.379 e. The molecule has 150 valence electrons. The zero-order valence-electron chi connectivity index (χ0n) is 15.9. The van der Waals surface area contributed by atoms with Crippen LogP contribution in [0.1, 0.15) is 19.3 Å². The van der Waals surface area contributed by atoms with Crippen molar-refractivity contribution in [3.05, 3.63) is 41.2 Å². The van der Waals surface area contributed by atoms with E-state index in [1.165, 1.54) is 0 Å². The van der Waals surface area contributed by atoms with Crippen molar-refractivity contribution in [2.45, 2.75) is 31.8 Å². The van der Waals surface area contributed by atoms with Gasteiger partial charge in [0.1, 0.15) is 6.33 Å². The van der Waals surface area contributed by atoms with Gasteiger partial charge in [0.05, 0.1) is 26.2 Å². The van der Waals surface area contributed by atoms with E-state index in [1.54, 1.807) is 40.1 Å². The highest BCUT2D eigenvalue weighted by molar-refractivity contribution is 5.76. The van der Waals surface area contributed by atoms with Crippen LogP contribution in [0.4, 0.5) is 0 Å². The first-order valence-electron chi connectivity index (χ1n) is 9.87. The number of carbonyl (C=O) groups excluding carboxylic acids is 1. The summed E-state index contributed by atoms with van der Waals surface area (Å²) in [5.41, 5.74) is -0.101. The third kappa shape index (κ3) is 4.31. The first kappa shape index (κ1) is 18.8. The first-order valence-corrected chi connectivity index (χ1v) is 9.87. The van der Waals surface area contributed by atoms with E-state index in [4.69, 9.17) is 4.74 Å². The van der Waals surface area contributed by atoms with Crippen LogP contribution >= 0.6 is 0 Å². The second-order valence-electron chi connectivity index (χ2n) is 7.26. The number of amides is 1. The summed E-state index contributed by atoms with van der Waals surface area (Å²) in [6.07, 6.45) is 7.74. The number of carbonyl (C=O) groups is 1. The number of hydrogen-bond acceptors (Lipinski definition) is 6. The summed E-state index contributed by atoms with van der Waals surface area (Å²) in [6, 6.07) is 3.51. The van der Waals surface area contributed by atoms with Gasteiger partial charge in [-0.3, -0.25) is 19.1 Å². The molecular weight excluding hydrogens is 360 g/mol. The van der Waals surface area contributed by atoms with Crippen LogP contribution in [-0.2, 0) is 16.1 Å². The van der Waals surface area contributed by atoms with E-state index in [-0.39, 0.29) is 17.5 Å². The molecule has 0 N–H and O–H groups in total. The van der Waals surface area contributed by atoms with Crippen molar-refractivity contribution >= 4 is 5.91 Å². The summed E-state index contributed by atoms with van der Waals surface area (Å²) >= 11 is 0. The summed E-state index contributed by atoms with van der Waals surface area (Å²) < 4.78 is 8.73. The molecule has 4 heterocycles. The minimum absolute atomic E-state index is 0.101. The zero-order valence-corrected chi connectivity index (χ0v) is 15.9. The monoisotopic (exact) mass is 386 g/mol. The lowest BCUT2D eigenvalue weighted by Gasteiger charge is -2.28. The predicted octanol–water partition coefficient (Wildman–Crippen LogP) is 0.142. The van der Waals surface area contributed by atoms with Gasteiger partial charge in [-0.15, -0.1) is 0 Å². The van der Waals surface area contributed by atoms with Gasteiger partial charge in [-0.05, 0) is 25.5 Å². The smallest absolute Gasteiger partial charge is 0.266 e. The molecule has 2 aliphatic heterocycles. The molecule has 0 spiro atoms. The Hall–Kier alpha value is -2.52. The largest absolute Gasteiger partial charge is 0.379 e. The van der Waals surface area contributed by atoms with Crippen LogP contribution in [0.25, 0.3) is 5.82 Å². The topological polar surface area (TPSA) is 85.5 Å². The Kier molecular flexibility index (Phi) is 5.82. The summed E-state index contributed by atoms with van der Waals surface area (Å²) in [6.45, 7) is 4.84. The van der Waals surface area contributed by atoms with E-state index in [1.807, 2.05) is 4.90 Å². The Bertz CT molecular complexity index is 850. The lowest BCUT2D eigenvalue weighted by Crippen LogP contribution is -2.43. The molecule has 0 saturated carbocycles. The number of hydrogen-bond donors (Lipinski definition) is 0. The summed E-state index contributed by atoms with van der Waals surface area (Å²) in [5.74, 6) is 0.843. The molecule has 1 unspecified atom stereocenters. The van der Waals surface area contributed by atoms with E-state index in [2.05, 4.69) is 15.0 Å². The average Bonchev–Trinajstić information content (AvgIpc) is 3.34. The molecule has 1 atom stereocenters. The minimum atomic E-state index is -0.101. The number of imidazole rings is 1. The Morgan fingerprint density at radius 3 is 2.93 bits per heavy atom. The normalized spacial score (nSPS) is 21.2. The standard InChI is InChI=1S/C19H26N6O3/c26-18-5-12-28-13-11-23(18)10-9-22-7-1-2-16(22)14-25-19(27)4-3-17(21-25)24-8-6-20-15-24/h3-4,6,8,15-16H,1-2,5,7,9-14H2. The maximum atomic E-state index is 12.3. The van der Waals surface area contributed by atoms with Gasteiger partial charge >= 0.3 is 0 Å². The van der Waals surface area contributed by atoms with Crippen LogP contribution in [0.15, 0.2) is 35.6 Å². The molecule has 1 amide bonds. The van der Waals surface area contributed by atoms with E-state index in [0.717, 1.165) is 25.9 Å². The highest BCUT2D eigenvalue weighted by atomic mass is 16.5. The highest BCUT2D eigenvalue weighted by Crippen LogP contribution is 2.18. The SMILES string of the molecule is O=C1CCOCCN1CCN1CCCC1Cn1nc(-n2ccnc2)ccc1=O. The van der Waals surface area contributed by atoms with Gasteiger partial charge in [-0.25, -0.2) is 9.67 Å². The fourth-order valence-electron chi connectivity index (χ4n) is 3.90. The molecule has 0 aliphatic carbocycles. The van der Waals surface area contributed by atoms with Gasteiger partial charge in [0, 0.05) is 44.1 Å². The second-order valence-corrected chi connectivity index (χ2v) is 7.26. The van der Waals surface area contributed by atoms with E-state index in [0.29, 0.717) is 45.1 Å². The lowest BCUT2D eigenvalue weighted by atomic mass is 10.2. The molecular formula is C19H26N6O3. The molecule has 0 aromatic carbocycles. The van der Waals surface area contributed by atoms with Crippen LogP contribution < -0.4 is 5.56 Å². The third-order valence-electron chi connectivity index (χ3n) is 5.48. The molecule has 4 rings (SSSR count). The Morgan fingerprint density at radius 1 is 1.14 bits per heavy atom. The van der Waals surface area contributed by atoms with Crippen LogP contribution in [-0.4, -0.2) is 80.5 Å². The van der Waals surface area contributed by atoms with Crippen molar-refractivity contribution in [3.8, 4) is 5.82 Å². The number of likely N-dealkylation sites (tertiary alicyclic amines) is 1. The van der Waals surface area contributed by atoms with E-state index in [9.17, 15) is 9.59 Å². The van der Waals surface area contributed by atoms with Crippen LogP contribution in [0.5, 0.6) is 0 Å². The fourth-order valence-corrected chi connectivity index (χ4v) is 3.90. The summed E-state index contributed by atoms with van der Waals surface area (Å²) in [5, 5.41) is 4.51. The maximum absolute atomic E-state index is 12.3. The van der Waals surface area contributed by atoms with Crippen LogP contribution in [0.3, 0.4) is 0 Å². The quantitative estimate of drug-likeness (QED) is 0.702. The van der Waals surface area contributed by atoms with E-state index < -0.39 is 0 Å². The molecule has 2 aromatic rings. The van der Waals surface area contributed by atoms with Gasteiger partial charge in [0.2, 0.25) is 5.91 Å². The van der Waals surface area contributed by atoms with Crippen molar-refractivity contribution < 1.29 is 9.53 Å². The second kappa shape index (κ2) is 8.66. The summed E-state index contributed by atoms with van der Waals surface area (Å²) in [4.78, 5) is 32.8. The predicted molar refractivity (Wildman–Crippen MR) is 102 cm³/mol. The zero-order chi connectivity index (χ0) is 19.3. The molecule has 0 bridgehead atoms. The molecule has 9 nitrogen and oxygen atoms in total. The fraction of sp³-hybridized carbons (Fsp3) is 0.579. The average molecular weight is 386 g/mol. The van der Waals surface area contributed by atoms with Crippen molar-refractivity contribution in [3.63, 3.8) is 0 Å². The van der Waals surface area contributed by atoms with Gasteiger partial charge in [-0.1, -0.05) is 0 Å². The van der Waals surface area contributed by atoms with Crippen LogP contribution in [0.2, 0.25) is 0 Å². The Labute approximate surface area is 163 Å². The van der Waals surface area contributed by atoms with Crippen LogP contribution in [0, 0.1) is 0 Å². The van der Waals surface area contributed by atoms with Gasteiger partial charge in [-0.2, -0.15) is 5.10 Å². The number of nitrogens with zero attached hydrogens (tertiary/aromatic N) is 6. The molecule has 0 radical (unpaired) electrons. The Balaban J connectivity index is 1.41. The lowest BCUT2D eigenvalue weighted by molar-refractivity contribution is -0.130. The van der Waals surface area contributed by atoms with Gasteiger partial charge in [0.15, 0.2) is 5.82 Å². The van der Waals surface area contributed by atoms with Gasteiger partial charge in [0.25, 0.3) is 5.56 Å². The number of ether oxygens (including phenoxy) is 1. The highest BCUT2D eigenvalue weighted by Gasteiger charge is 2.27. The number of rotatable bonds is 6. The summed E-state index contributed by atoms with van der Waals surface area (Å²) in [7, 11) is 0. The molecule has 2 fully saturated rings. The first-order chi connectivity index (χ1) is 13.7. The van der Waals surface area contributed by atoms with Gasteiger partial charge < -0.3 is 9.64 Å². The number of aromatic nitrogens is 4. The van der Waals surface area contributed by atoms with Crippen molar-refractivity contribution in [1.29, 1.82) is 0 Å². The van der Waals surface area contributed by atoms with Crippen molar-refractivity contribution in [1.82, 2.24) is 29.1 Å². The molecule has 28 heavy (non-hydrogen) atoms. The van der Waals surface area contributed by atoms with E-state index >= 15 is 0 Å². The molecule has 2 saturated heterocycles. The van der Waals surface area contributed by atoms with Crippen molar-refractivity contribution in [2.24, 2.45) is 0 Å². The Morgan fingerprint density at radius 2 is 2.07 bits per heavy atom. The molecule has 2 aliphatic rings. The molecule has 9 heteroatoms. The maximum Gasteiger partial charge on any atom is 0.266 e. The molecule has 2 aromatic heterocycles. The van der Waals surface area contributed by atoms with Crippen molar-refractivity contribution in [2.75, 3.05) is 39.4 Å². The third-order valence-corrected chi connectivity index (χ3v) is 5.48.